The molecule has 1 amide bonds. The van der Waals surface area contributed by atoms with Crippen LogP contribution in [0.5, 0.6) is 0 Å². The fourth-order valence-corrected chi connectivity index (χ4v) is 3.55. The van der Waals surface area contributed by atoms with E-state index in [1.165, 1.54) is 19.2 Å². The first-order valence-electron chi connectivity index (χ1n) is 9.97. The van der Waals surface area contributed by atoms with Gasteiger partial charge in [0.05, 0.1) is 16.9 Å². The Morgan fingerprint density at radius 2 is 1.39 bits per heavy atom. The monoisotopic (exact) mass is 449 g/mol. The number of para-hydroxylation sites is 1. The summed E-state index contributed by atoms with van der Waals surface area (Å²) < 4.78 is 41.4. The zero-order chi connectivity index (χ0) is 23.6. The first-order valence-corrected chi connectivity index (χ1v) is 9.97. The Morgan fingerprint density at radius 1 is 0.848 bits per heavy atom. The van der Waals surface area contributed by atoms with Crippen molar-refractivity contribution in [3.8, 4) is 22.4 Å². The average Bonchev–Trinajstić information content (AvgIpc) is 2.81. The summed E-state index contributed by atoms with van der Waals surface area (Å²) in [6.07, 6.45) is -4.68. The summed E-state index contributed by atoms with van der Waals surface area (Å²) in [6, 6.07) is 22.2. The Morgan fingerprint density at radius 3 is 2.00 bits per heavy atom. The molecular weight excluding hydrogens is 431 g/mol. The lowest BCUT2D eigenvalue weighted by Crippen LogP contribution is -2.31. The Kier molecular flexibility index (Phi) is 5.83. The van der Waals surface area contributed by atoms with E-state index in [-0.39, 0.29) is 11.1 Å². The number of carbonyl (C=O) groups is 1. The molecule has 0 aliphatic carbocycles. The molecule has 3 aromatic carbocycles. The van der Waals surface area contributed by atoms with Crippen LogP contribution in [0, 0.1) is 0 Å². The van der Waals surface area contributed by atoms with E-state index in [1.807, 2.05) is 6.07 Å². The number of anilines is 1. The normalized spacial score (nSPS) is 11.3. The van der Waals surface area contributed by atoms with Crippen molar-refractivity contribution in [1.82, 2.24) is 9.78 Å². The van der Waals surface area contributed by atoms with Gasteiger partial charge in [0.25, 0.3) is 11.5 Å². The van der Waals surface area contributed by atoms with Crippen molar-refractivity contribution < 1.29 is 18.0 Å². The first kappa shape index (κ1) is 22.0. The minimum atomic E-state index is -4.68. The summed E-state index contributed by atoms with van der Waals surface area (Å²) >= 11 is 0. The van der Waals surface area contributed by atoms with Crippen molar-refractivity contribution >= 4 is 11.6 Å². The molecule has 166 valence electrons. The number of carbonyl (C=O) groups excluding carboxylic acids is 1. The van der Waals surface area contributed by atoms with Gasteiger partial charge < -0.3 is 5.32 Å². The van der Waals surface area contributed by atoms with E-state index in [2.05, 4.69) is 10.4 Å². The average molecular weight is 449 g/mol. The third-order valence-corrected chi connectivity index (χ3v) is 5.06. The van der Waals surface area contributed by atoms with Gasteiger partial charge in [0.1, 0.15) is 5.56 Å². The summed E-state index contributed by atoms with van der Waals surface area (Å²) in [7, 11) is 1.39. The maximum Gasteiger partial charge on any atom is 0.418 e. The highest BCUT2D eigenvalue weighted by atomic mass is 19.4. The highest BCUT2D eigenvalue weighted by molar-refractivity contribution is 6.10. The Balaban J connectivity index is 1.95. The number of hydrogen-bond donors (Lipinski definition) is 1. The van der Waals surface area contributed by atoms with E-state index in [0.717, 1.165) is 16.8 Å². The standard InChI is InChI=1S/C25H18F3N3O2/c1-31-24(33)21(23(32)29-19-15-9-8-14-18(19)25(26,27)28)20(16-10-4-2-5-11-16)22(30-31)17-12-6-3-7-13-17/h2-15H,1H3,(H,29,32). The number of halogens is 3. The minimum Gasteiger partial charge on any atom is -0.321 e. The molecule has 0 saturated heterocycles. The van der Waals surface area contributed by atoms with Gasteiger partial charge in [-0.1, -0.05) is 72.8 Å². The molecule has 5 nitrogen and oxygen atoms in total. The number of hydrogen-bond acceptors (Lipinski definition) is 3. The van der Waals surface area contributed by atoms with Crippen molar-refractivity contribution in [1.29, 1.82) is 0 Å². The first-order chi connectivity index (χ1) is 15.8. The number of amides is 1. The van der Waals surface area contributed by atoms with Gasteiger partial charge >= 0.3 is 6.18 Å². The lowest BCUT2D eigenvalue weighted by Gasteiger charge is -2.17. The molecule has 0 fully saturated rings. The van der Waals surface area contributed by atoms with Crippen LogP contribution in [-0.2, 0) is 13.2 Å². The third-order valence-electron chi connectivity index (χ3n) is 5.06. The largest absolute Gasteiger partial charge is 0.418 e. The quantitative estimate of drug-likeness (QED) is 0.455. The van der Waals surface area contributed by atoms with Crippen LogP contribution in [-0.4, -0.2) is 15.7 Å². The summed E-state index contributed by atoms with van der Waals surface area (Å²) in [6.45, 7) is 0. The smallest absolute Gasteiger partial charge is 0.321 e. The Labute approximate surface area is 187 Å². The highest BCUT2D eigenvalue weighted by Gasteiger charge is 2.34. The van der Waals surface area contributed by atoms with Gasteiger partial charge in [-0.25, -0.2) is 4.68 Å². The second kappa shape index (κ2) is 8.74. The van der Waals surface area contributed by atoms with E-state index < -0.39 is 28.9 Å². The maximum atomic E-state index is 13.4. The van der Waals surface area contributed by atoms with Crippen LogP contribution < -0.4 is 10.9 Å². The predicted octanol–water partition coefficient (Wildman–Crippen LogP) is 5.39. The Hall–Kier alpha value is -4.20. The van der Waals surface area contributed by atoms with Crippen LogP contribution in [0.15, 0.2) is 89.7 Å². The lowest BCUT2D eigenvalue weighted by atomic mass is 9.95. The van der Waals surface area contributed by atoms with Crippen LogP contribution in [0.2, 0.25) is 0 Å². The second-order valence-electron chi connectivity index (χ2n) is 7.26. The van der Waals surface area contributed by atoms with Gasteiger partial charge in [-0.2, -0.15) is 18.3 Å². The van der Waals surface area contributed by atoms with Gasteiger partial charge in [-0.15, -0.1) is 0 Å². The van der Waals surface area contributed by atoms with Crippen LogP contribution in [0.4, 0.5) is 18.9 Å². The molecule has 4 rings (SSSR count). The maximum absolute atomic E-state index is 13.4. The van der Waals surface area contributed by atoms with Gasteiger partial charge in [0.15, 0.2) is 0 Å². The topological polar surface area (TPSA) is 64.0 Å². The fraction of sp³-hybridized carbons (Fsp3) is 0.0800. The molecule has 0 atom stereocenters. The molecule has 0 aliphatic heterocycles. The number of nitrogens with zero attached hydrogens (tertiary/aromatic N) is 2. The molecule has 0 bridgehead atoms. The molecule has 1 heterocycles. The summed E-state index contributed by atoms with van der Waals surface area (Å²) in [5.74, 6) is -0.953. The molecule has 0 unspecified atom stereocenters. The molecular formula is C25H18F3N3O2. The van der Waals surface area contributed by atoms with Crippen molar-refractivity contribution in [2.75, 3.05) is 5.32 Å². The van der Waals surface area contributed by atoms with E-state index >= 15 is 0 Å². The van der Waals surface area contributed by atoms with Crippen molar-refractivity contribution in [3.05, 3.63) is 106 Å². The van der Waals surface area contributed by atoms with E-state index in [1.54, 1.807) is 54.6 Å². The van der Waals surface area contributed by atoms with Crippen LogP contribution in [0.25, 0.3) is 22.4 Å². The number of nitrogens with one attached hydrogen (secondary N) is 1. The molecule has 4 aromatic rings. The summed E-state index contributed by atoms with van der Waals surface area (Å²) in [5, 5.41) is 6.66. The second-order valence-corrected chi connectivity index (χ2v) is 7.26. The summed E-state index contributed by atoms with van der Waals surface area (Å²) in [5.41, 5.74) is -0.675. The SMILES string of the molecule is Cn1nc(-c2ccccc2)c(-c2ccccc2)c(C(=O)Nc2ccccc2C(F)(F)F)c1=O. The predicted molar refractivity (Wildman–Crippen MR) is 120 cm³/mol. The van der Waals surface area contributed by atoms with Crippen molar-refractivity contribution in [2.24, 2.45) is 7.05 Å². The molecule has 0 saturated carbocycles. The van der Waals surface area contributed by atoms with Gasteiger partial charge in [-0.3, -0.25) is 9.59 Å². The zero-order valence-corrected chi connectivity index (χ0v) is 17.4. The van der Waals surface area contributed by atoms with E-state index in [9.17, 15) is 22.8 Å². The molecule has 0 aliphatic rings. The van der Waals surface area contributed by atoms with Gasteiger partial charge in [0, 0.05) is 18.2 Å². The Bertz CT molecular complexity index is 1370. The van der Waals surface area contributed by atoms with Crippen LogP contribution >= 0.6 is 0 Å². The van der Waals surface area contributed by atoms with Crippen LogP contribution in [0.1, 0.15) is 15.9 Å². The number of aromatic nitrogens is 2. The number of aryl methyl sites for hydroxylation is 1. The fourth-order valence-electron chi connectivity index (χ4n) is 3.55. The van der Waals surface area contributed by atoms with E-state index in [0.29, 0.717) is 16.8 Å². The summed E-state index contributed by atoms with van der Waals surface area (Å²) in [4.78, 5) is 26.4. The van der Waals surface area contributed by atoms with Crippen molar-refractivity contribution in [3.63, 3.8) is 0 Å². The van der Waals surface area contributed by atoms with Crippen molar-refractivity contribution in [2.45, 2.75) is 6.18 Å². The molecule has 1 N–H and O–H groups in total. The molecule has 0 spiro atoms. The lowest BCUT2D eigenvalue weighted by molar-refractivity contribution is -0.136. The number of benzene rings is 3. The highest BCUT2D eigenvalue weighted by Crippen LogP contribution is 2.36. The zero-order valence-electron chi connectivity index (χ0n) is 17.4. The molecule has 1 aromatic heterocycles. The van der Waals surface area contributed by atoms with E-state index in [4.69, 9.17) is 0 Å². The molecule has 8 heteroatoms. The number of rotatable bonds is 4. The van der Waals surface area contributed by atoms with Gasteiger partial charge in [0.2, 0.25) is 0 Å². The minimum absolute atomic E-state index is 0.242. The van der Waals surface area contributed by atoms with Gasteiger partial charge in [-0.05, 0) is 17.7 Å². The molecule has 33 heavy (non-hydrogen) atoms. The third kappa shape index (κ3) is 4.41. The molecule has 0 radical (unpaired) electrons. The van der Waals surface area contributed by atoms with Crippen LogP contribution in [0.3, 0.4) is 0 Å². The number of alkyl halides is 3.